The lowest BCUT2D eigenvalue weighted by molar-refractivity contribution is 0.901. The molecule has 0 amide bonds. The van der Waals surface area contributed by atoms with Crippen LogP contribution in [0.3, 0.4) is 0 Å². The van der Waals surface area contributed by atoms with Crippen LogP contribution < -0.4 is 11.3 Å². The largest absolute Gasteiger partial charge is 0.323 e. The van der Waals surface area contributed by atoms with Gasteiger partial charge < -0.3 is 5.43 Å². The normalized spacial score (nSPS) is 14.1. The number of rotatable bonds is 1. The Morgan fingerprint density at radius 3 is 2.94 bits per heavy atom. The lowest BCUT2D eigenvalue weighted by Crippen LogP contribution is -2.10. The number of nitrogens with two attached hydrogens (primary N) is 1. The number of hydrogen-bond donors (Lipinski definition) is 2. The Hall–Kier alpha value is -1.32. The van der Waals surface area contributed by atoms with Crippen molar-refractivity contribution in [1.82, 2.24) is 4.98 Å². The van der Waals surface area contributed by atoms with E-state index in [1.165, 1.54) is 5.56 Å². The third-order valence-electron chi connectivity index (χ3n) is 3.44. The summed E-state index contributed by atoms with van der Waals surface area (Å²) in [6.07, 6.45) is 3.24. The van der Waals surface area contributed by atoms with Gasteiger partial charge in [0.15, 0.2) is 0 Å². The van der Waals surface area contributed by atoms with Crippen LogP contribution in [-0.2, 0) is 12.8 Å². The molecule has 1 aromatic heterocycles. The van der Waals surface area contributed by atoms with Gasteiger partial charge in [-0.05, 0) is 49.4 Å². The van der Waals surface area contributed by atoms with Gasteiger partial charge in [0.25, 0.3) is 0 Å². The van der Waals surface area contributed by atoms with E-state index in [-0.39, 0.29) is 0 Å². The minimum Gasteiger partial charge on any atom is -0.323 e. The number of aryl methyl sites for hydroxylation is 2. The first-order valence-electron chi connectivity index (χ1n) is 5.79. The average Bonchev–Trinajstić information content (AvgIpc) is 2.75. The van der Waals surface area contributed by atoms with Gasteiger partial charge in [0, 0.05) is 16.1 Å². The predicted octanol–water partition coefficient (Wildman–Crippen LogP) is 2.97. The number of halogens is 1. The van der Waals surface area contributed by atoms with Gasteiger partial charge in [-0.3, -0.25) is 10.8 Å². The Morgan fingerprint density at radius 1 is 1.35 bits per heavy atom. The zero-order chi connectivity index (χ0) is 12.0. The minimum atomic E-state index is 0.755. The van der Waals surface area contributed by atoms with Crippen LogP contribution in [0.2, 0.25) is 5.02 Å². The molecule has 88 valence electrons. The molecule has 3 N–H and O–H groups in total. The maximum atomic E-state index is 6.14. The van der Waals surface area contributed by atoms with Crippen molar-refractivity contribution in [3.8, 4) is 0 Å². The first-order valence-corrected chi connectivity index (χ1v) is 6.16. The fourth-order valence-corrected chi connectivity index (χ4v) is 2.71. The molecule has 0 atom stereocenters. The van der Waals surface area contributed by atoms with Gasteiger partial charge in [-0.25, -0.2) is 0 Å². The van der Waals surface area contributed by atoms with Crippen molar-refractivity contribution >= 4 is 28.2 Å². The van der Waals surface area contributed by atoms with Gasteiger partial charge in [-0.1, -0.05) is 11.6 Å². The summed E-state index contributed by atoms with van der Waals surface area (Å²) in [5, 5.41) is 1.82. The van der Waals surface area contributed by atoms with Crippen molar-refractivity contribution in [2.75, 3.05) is 5.43 Å². The highest BCUT2D eigenvalue weighted by Crippen LogP contribution is 2.35. The lowest BCUT2D eigenvalue weighted by atomic mass is 10.1. The van der Waals surface area contributed by atoms with E-state index in [4.69, 9.17) is 17.4 Å². The molecule has 3 rings (SSSR count). The summed E-state index contributed by atoms with van der Waals surface area (Å²) >= 11 is 6.14. The van der Waals surface area contributed by atoms with Gasteiger partial charge in [-0.2, -0.15) is 0 Å². The Kier molecular flexibility index (Phi) is 2.45. The number of aromatic nitrogens is 1. The number of nitrogens with zero attached hydrogens (tertiary/aromatic N) is 1. The average molecular weight is 248 g/mol. The number of hydrogen-bond acceptors (Lipinski definition) is 3. The summed E-state index contributed by atoms with van der Waals surface area (Å²) in [4.78, 5) is 4.69. The highest BCUT2D eigenvalue weighted by molar-refractivity contribution is 6.32. The van der Waals surface area contributed by atoms with Crippen LogP contribution in [0.25, 0.3) is 10.9 Å². The molecule has 1 aliphatic rings. The monoisotopic (exact) mass is 247 g/mol. The van der Waals surface area contributed by atoms with Crippen molar-refractivity contribution < 1.29 is 0 Å². The third-order valence-corrected chi connectivity index (χ3v) is 3.84. The number of nitrogens with one attached hydrogen (secondary N) is 1. The maximum absolute atomic E-state index is 6.14. The zero-order valence-corrected chi connectivity index (χ0v) is 10.4. The molecule has 0 saturated heterocycles. The van der Waals surface area contributed by atoms with E-state index in [1.54, 1.807) is 0 Å². The molecule has 1 aliphatic carbocycles. The van der Waals surface area contributed by atoms with E-state index in [9.17, 15) is 0 Å². The molecule has 3 nitrogen and oxygen atoms in total. The highest BCUT2D eigenvalue weighted by Gasteiger charge is 2.19. The summed E-state index contributed by atoms with van der Waals surface area (Å²) in [5.74, 6) is 5.67. The van der Waals surface area contributed by atoms with Gasteiger partial charge >= 0.3 is 0 Å². The number of nitrogen functional groups attached to an aromatic ring is 1. The maximum Gasteiger partial charge on any atom is 0.0741 e. The van der Waals surface area contributed by atoms with Crippen LogP contribution in [-0.4, -0.2) is 4.98 Å². The number of hydrazine groups is 1. The van der Waals surface area contributed by atoms with Gasteiger partial charge in [0.05, 0.1) is 11.2 Å². The van der Waals surface area contributed by atoms with Crippen molar-refractivity contribution in [2.45, 2.75) is 26.2 Å². The van der Waals surface area contributed by atoms with Crippen molar-refractivity contribution in [3.05, 3.63) is 34.0 Å². The molecule has 0 saturated carbocycles. The topological polar surface area (TPSA) is 50.9 Å². The summed E-state index contributed by atoms with van der Waals surface area (Å²) in [6, 6.07) is 3.98. The smallest absolute Gasteiger partial charge is 0.0741 e. The summed E-state index contributed by atoms with van der Waals surface area (Å²) < 4.78 is 0. The number of pyridine rings is 1. The van der Waals surface area contributed by atoms with E-state index in [1.807, 2.05) is 13.0 Å². The first kappa shape index (κ1) is 10.8. The van der Waals surface area contributed by atoms with E-state index in [0.717, 1.165) is 52.1 Å². The van der Waals surface area contributed by atoms with Crippen LogP contribution in [0, 0.1) is 6.92 Å². The second-order valence-corrected chi connectivity index (χ2v) is 4.94. The van der Waals surface area contributed by atoms with Gasteiger partial charge in [0.1, 0.15) is 0 Å². The number of fused-ring (bicyclic) bond motifs is 2. The number of anilines is 1. The number of benzene rings is 1. The van der Waals surface area contributed by atoms with Gasteiger partial charge in [0.2, 0.25) is 0 Å². The van der Waals surface area contributed by atoms with Crippen LogP contribution >= 0.6 is 11.6 Å². The van der Waals surface area contributed by atoms with Crippen LogP contribution in [0.5, 0.6) is 0 Å². The Morgan fingerprint density at radius 2 is 2.18 bits per heavy atom. The molecule has 0 unspecified atom stereocenters. The molecule has 0 spiro atoms. The molecule has 17 heavy (non-hydrogen) atoms. The lowest BCUT2D eigenvalue weighted by Gasteiger charge is -2.12. The van der Waals surface area contributed by atoms with Gasteiger partial charge in [-0.15, -0.1) is 0 Å². The molecule has 0 radical (unpaired) electrons. The van der Waals surface area contributed by atoms with Crippen molar-refractivity contribution in [1.29, 1.82) is 0 Å². The van der Waals surface area contributed by atoms with Crippen molar-refractivity contribution in [3.63, 3.8) is 0 Å². The fourth-order valence-electron chi connectivity index (χ4n) is 2.56. The summed E-state index contributed by atoms with van der Waals surface area (Å²) in [7, 11) is 0. The molecular weight excluding hydrogens is 234 g/mol. The summed E-state index contributed by atoms with van der Waals surface area (Å²) in [5.41, 5.74) is 8.25. The van der Waals surface area contributed by atoms with Crippen LogP contribution in [0.1, 0.15) is 23.2 Å². The summed E-state index contributed by atoms with van der Waals surface area (Å²) in [6.45, 7) is 2.00. The molecule has 1 aromatic carbocycles. The highest BCUT2D eigenvalue weighted by atomic mass is 35.5. The molecule has 0 bridgehead atoms. The van der Waals surface area contributed by atoms with Crippen LogP contribution in [0.15, 0.2) is 12.1 Å². The van der Waals surface area contributed by atoms with Crippen LogP contribution in [0.4, 0.5) is 5.69 Å². The molecule has 2 aromatic rings. The molecule has 1 heterocycles. The first-order chi connectivity index (χ1) is 8.20. The van der Waals surface area contributed by atoms with E-state index in [0.29, 0.717) is 0 Å². The third kappa shape index (κ3) is 1.58. The Balaban J connectivity index is 2.41. The van der Waals surface area contributed by atoms with E-state index < -0.39 is 0 Å². The van der Waals surface area contributed by atoms with E-state index in [2.05, 4.69) is 16.5 Å². The second-order valence-electron chi connectivity index (χ2n) is 4.53. The zero-order valence-electron chi connectivity index (χ0n) is 9.68. The molecule has 4 heteroatoms. The van der Waals surface area contributed by atoms with E-state index >= 15 is 0 Å². The fraction of sp³-hybridized carbons (Fsp3) is 0.308. The second kappa shape index (κ2) is 3.86. The SMILES string of the molecule is Cc1cc2c(NN)c3c(nc2cc1Cl)CCC3. The Labute approximate surface area is 105 Å². The quantitative estimate of drug-likeness (QED) is 0.602. The minimum absolute atomic E-state index is 0.755. The molecule has 0 aliphatic heterocycles. The van der Waals surface area contributed by atoms with Crippen molar-refractivity contribution in [2.24, 2.45) is 5.84 Å². The standard InChI is InChI=1S/C13H14ClN3/c1-7-5-9-12(6-10(7)14)16-11-4-2-3-8(11)13(9)17-15/h5-6H,2-4,15H2,1H3,(H,16,17). The Bertz CT molecular complexity index is 607. The predicted molar refractivity (Wildman–Crippen MR) is 71.3 cm³/mol. The molecular formula is C13H14ClN3. The molecule has 0 fully saturated rings.